The van der Waals surface area contributed by atoms with E-state index in [4.69, 9.17) is 0 Å². The fraction of sp³-hybridized carbons (Fsp3) is 0.368. The van der Waals surface area contributed by atoms with Crippen LogP contribution in [0.3, 0.4) is 0 Å². The minimum absolute atomic E-state index is 0.153. The number of nitrogens with zero attached hydrogens (tertiary/aromatic N) is 1. The van der Waals surface area contributed by atoms with E-state index in [0.717, 1.165) is 36.9 Å². The maximum atomic E-state index is 12.7. The lowest BCUT2D eigenvalue weighted by atomic mass is 10.1. The van der Waals surface area contributed by atoms with Crippen molar-refractivity contribution in [3.8, 4) is 11.3 Å². The predicted octanol–water partition coefficient (Wildman–Crippen LogP) is 3.45. The Morgan fingerprint density at radius 3 is 2.43 bits per heavy atom. The standard InChI is InChI=1S/C19H22N2O2/c1-2-21(15-10-6-7-11-15)19(23)16-12-13-17(20-18(16)22)14-8-4-3-5-9-14/h3-5,8-9,12-13,15H,2,6-7,10-11H2,1H3,(H,20,22). The number of carbonyl (C=O) groups excluding carboxylic acids is 1. The molecule has 0 bridgehead atoms. The number of nitrogens with one attached hydrogen (secondary N) is 1. The first kappa shape index (κ1) is 15.5. The van der Waals surface area contributed by atoms with Gasteiger partial charge in [0.2, 0.25) is 0 Å². The Labute approximate surface area is 136 Å². The van der Waals surface area contributed by atoms with Crippen molar-refractivity contribution in [1.29, 1.82) is 0 Å². The van der Waals surface area contributed by atoms with Crippen molar-refractivity contribution in [3.63, 3.8) is 0 Å². The molecule has 0 saturated heterocycles. The van der Waals surface area contributed by atoms with Crippen molar-refractivity contribution in [2.45, 2.75) is 38.6 Å². The Kier molecular flexibility index (Phi) is 4.60. The second kappa shape index (κ2) is 6.82. The molecule has 1 aromatic carbocycles. The van der Waals surface area contributed by atoms with Crippen LogP contribution in [0.15, 0.2) is 47.3 Å². The summed E-state index contributed by atoms with van der Waals surface area (Å²) in [5, 5.41) is 0. The van der Waals surface area contributed by atoms with Crippen LogP contribution in [0, 0.1) is 0 Å². The molecule has 1 heterocycles. The van der Waals surface area contributed by atoms with Gasteiger partial charge in [0, 0.05) is 18.3 Å². The molecule has 0 unspecified atom stereocenters. The van der Waals surface area contributed by atoms with E-state index in [-0.39, 0.29) is 23.1 Å². The zero-order chi connectivity index (χ0) is 16.2. The number of pyridine rings is 1. The molecule has 0 spiro atoms. The average molecular weight is 310 g/mol. The van der Waals surface area contributed by atoms with E-state index in [9.17, 15) is 9.59 Å². The van der Waals surface area contributed by atoms with E-state index in [1.165, 1.54) is 0 Å². The molecule has 2 aromatic rings. The number of amides is 1. The first-order chi connectivity index (χ1) is 11.2. The Morgan fingerprint density at radius 1 is 1.13 bits per heavy atom. The summed E-state index contributed by atoms with van der Waals surface area (Å²) in [7, 11) is 0. The van der Waals surface area contributed by atoms with Crippen molar-refractivity contribution in [1.82, 2.24) is 9.88 Å². The summed E-state index contributed by atoms with van der Waals surface area (Å²) in [4.78, 5) is 29.8. The van der Waals surface area contributed by atoms with Gasteiger partial charge in [-0.3, -0.25) is 9.59 Å². The largest absolute Gasteiger partial charge is 0.336 e. The van der Waals surface area contributed by atoms with Gasteiger partial charge in [-0.05, 0) is 37.5 Å². The Bertz CT molecular complexity index is 731. The predicted molar refractivity (Wildman–Crippen MR) is 91.5 cm³/mol. The first-order valence-electron chi connectivity index (χ1n) is 8.30. The van der Waals surface area contributed by atoms with Crippen LogP contribution in [0.2, 0.25) is 0 Å². The van der Waals surface area contributed by atoms with Gasteiger partial charge in [-0.1, -0.05) is 43.2 Å². The number of hydrogen-bond donors (Lipinski definition) is 1. The molecule has 1 aromatic heterocycles. The third-order valence-electron chi connectivity index (χ3n) is 4.59. The Balaban J connectivity index is 1.88. The van der Waals surface area contributed by atoms with Gasteiger partial charge in [-0.15, -0.1) is 0 Å². The van der Waals surface area contributed by atoms with E-state index in [0.29, 0.717) is 6.54 Å². The molecule has 0 aliphatic heterocycles. The quantitative estimate of drug-likeness (QED) is 0.940. The molecule has 0 atom stereocenters. The average Bonchev–Trinajstić information content (AvgIpc) is 3.10. The van der Waals surface area contributed by atoms with Crippen LogP contribution in [0.1, 0.15) is 43.0 Å². The van der Waals surface area contributed by atoms with Crippen molar-refractivity contribution >= 4 is 5.91 Å². The van der Waals surface area contributed by atoms with E-state index >= 15 is 0 Å². The number of carbonyl (C=O) groups is 1. The zero-order valence-electron chi connectivity index (χ0n) is 13.4. The summed E-state index contributed by atoms with van der Waals surface area (Å²) in [6.45, 7) is 2.62. The van der Waals surface area contributed by atoms with Crippen LogP contribution >= 0.6 is 0 Å². The molecular formula is C19H22N2O2. The Morgan fingerprint density at radius 2 is 1.83 bits per heavy atom. The molecule has 23 heavy (non-hydrogen) atoms. The van der Waals surface area contributed by atoms with Crippen LogP contribution in [0.5, 0.6) is 0 Å². The fourth-order valence-electron chi connectivity index (χ4n) is 3.37. The number of H-pyrrole nitrogens is 1. The van der Waals surface area contributed by atoms with E-state index in [1.807, 2.05) is 48.2 Å². The number of benzene rings is 1. The summed E-state index contributed by atoms with van der Waals surface area (Å²) < 4.78 is 0. The zero-order valence-corrected chi connectivity index (χ0v) is 13.4. The van der Waals surface area contributed by atoms with Gasteiger partial charge in [0.15, 0.2) is 0 Å². The van der Waals surface area contributed by atoms with Crippen molar-refractivity contribution in [2.24, 2.45) is 0 Å². The minimum atomic E-state index is -0.312. The molecule has 4 nitrogen and oxygen atoms in total. The summed E-state index contributed by atoms with van der Waals surface area (Å²) in [5.41, 5.74) is 1.59. The van der Waals surface area contributed by atoms with Crippen LogP contribution in [0.25, 0.3) is 11.3 Å². The van der Waals surface area contributed by atoms with Crippen LogP contribution in [-0.2, 0) is 0 Å². The molecule has 120 valence electrons. The smallest absolute Gasteiger partial charge is 0.261 e. The number of aromatic nitrogens is 1. The van der Waals surface area contributed by atoms with E-state index < -0.39 is 0 Å². The van der Waals surface area contributed by atoms with Gasteiger partial charge in [0.1, 0.15) is 5.56 Å². The third kappa shape index (κ3) is 3.21. The SMILES string of the molecule is CCN(C(=O)c1ccc(-c2ccccc2)[nH]c1=O)C1CCCC1. The van der Waals surface area contributed by atoms with Crippen LogP contribution < -0.4 is 5.56 Å². The summed E-state index contributed by atoms with van der Waals surface area (Å²) in [6.07, 6.45) is 4.41. The lowest BCUT2D eigenvalue weighted by molar-refractivity contribution is 0.0692. The normalized spacial score (nSPS) is 14.8. The molecule has 0 radical (unpaired) electrons. The van der Waals surface area contributed by atoms with Crippen molar-refractivity contribution < 1.29 is 4.79 Å². The third-order valence-corrected chi connectivity index (χ3v) is 4.59. The van der Waals surface area contributed by atoms with Gasteiger partial charge in [-0.25, -0.2) is 0 Å². The fourth-order valence-corrected chi connectivity index (χ4v) is 3.37. The first-order valence-corrected chi connectivity index (χ1v) is 8.30. The molecule has 1 amide bonds. The molecule has 1 saturated carbocycles. The number of hydrogen-bond acceptors (Lipinski definition) is 2. The van der Waals surface area contributed by atoms with E-state index in [2.05, 4.69) is 4.98 Å². The highest BCUT2D eigenvalue weighted by Crippen LogP contribution is 2.24. The van der Waals surface area contributed by atoms with Gasteiger partial charge >= 0.3 is 0 Å². The van der Waals surface area contributed by atoms with E-state index in [1.54, 1.807) is 6.07 Å². The molecule has 3 rings (SSSR count). The van der Waals surface area contributed by atoms with Gasteiger partial charge in [0.05, 0.1) is 0 Å². The molecular weight excluding hydrogens is 288 g/mol. The molecule has 1 N–H and O–H groups in total. The second-order valence-corrected chi connectivity index (χ2v) is 6.01. The Hall–Kier alpha value is -2.36. The van der Waals surface area contributed by atoms with Gasteiger partial charge < -0.3 is 9.88 Å². The molecule has 4 heteroatoms. The summed E-state index contributed by atoms with van der Waals surface area (Å²) in [6, 6.07) is 13.4. The highest BCUT2D eigenvalue weighted by Gasteiger charge is 2.27. The minimum Gasteiger partial charge on any atom is -0.336 e. The molecule has 1 aliphatic rings. The van der Waals surface area contributed by atoms with Crippen molar-refractivity contribution in [2.75, 3.05) is 6.54 Å². The highest BCUT2D eigenvalue weighted by molar-refractivity contribution is 5.94. The molecule has 1 aliphatic carbocycles. The van der Waals surface area contributed by atoms with Crippen LogP contribution in [-0.4, -0.2) is 28.4 Å². The lowest BCUT2D eigenvalue weighted by Gasteiger charge is -2.27. The second-order valence-electron chi connectivity index (χ2n) is 6.01. The van der Waals surface area contributed by atoms with Crippen LogP contribution in [0.4, 0.5) is 0 Å². The summed E-state index contributed by atoms with van der Waals surface area (Å²) >= 11 is 0. The topological polar surface area (TPSA) is 53.2 Å². The molecule has 1 fully saturated rings. The van der Waals surface area contributed by atoms with Gasteiger partial charge in [-0.2, -0.15) is 0 Å². The monoisotopic (exact) mass is 310 g/mol. The summed E-state index contributed by atoms with van der Waals surface area (Å²) in [5.74, 6) is -0.153. The number of rotatable bonds is 4. The highest BCUT2D eigenvalue weighted by atomic mass is 16.2. The maximum absolute atomic E-state index is 12.7. The van der Waals surface area contributed by atoms with Crippen molar-refractivity contribution in [3.05, 3.63) is 58.4 Å². The lowest BCUT2D eigenvalue weighted by Crippen LogP contribution is -2.40. The number of aromatic amines is 1. The maximum Gasteiger partial charge on any atom is 0.261 e. The van der Waals surface area contributed by atoms with Gasteiger partial charge in [0.25, 0.3) is 11.5 Å².